The molecule has 0 heterocycles. The minimum atomic E-state index is -0.754. The van der Waals surface area contributed by atoms with Crippen LogP contribution in [0.25, 0.3) is 0 Å². The van der Waals surface area contributed by atoms with E-state index in [4.69, 9.17) is 4.74 Å². The van der Waals surface area contributed by atoms with Crippen molar-refractivity contribution in [3.8, 4) is 17.6 Å². The van der Waals surface area contributed by atoms with Gasteiger partial charge in [-0.2, -0.15) is 12.6 Å². The smallest absolute Gasteiger partial charge is 0.170 e. The third-order valence-electron chi connectivity index (χ3n) is 1.51. The van der Waals surface area contributed by atoms with Crippen molar-refractivity contribution in [2.45, 2.75) is 0 Å². The summed E-state index contributed by atoms with van der Waals surface area (Å²) in [6, 6.07) is 1.88. The van der Waals surface area contributed by atoms with Gasteiger partial charge in [-0.1, -0.05) is 11.8 Å². The highest BCUT2D eigenvalue weighted by Crippen LogP contribution is 2.22. The van der Waals surface area contributed by atoms with Crippen molar-refractivity contribution in [1.29, 1.82) is 0 Å². The lowest BCUT2D eigenvalue weighted by Crippen LogP contribution is -1.94. The fourth-order valence-electron chi connectivity index (χ4n) is 0.995. The van der Waals surface area contributed by atoms with Crippen molar-refractivity contribution >= 4 is 12.6 Å². The second-order valence-electron chi connectivity index (χ2n) is 2.43. The number of benzene rings is 1. The van der Waals surface area contributed by atoms with E-state index in [9.17, 15) is 8.78 Å². The van der Waals surface area contributed by atoms with Crippen LogP contribution in [-0.4, -0.2) is 12.9 Å². The molecule has 0 saturated heterocycles. The van der Waals surface area contributed by atoms with Crippen molar-refractivity contribution in [2.24, 2.45) is 0 Å². The molecule has 0 unspecified atom stereocenters. The average molecular weight is 214 g/mol. The van der Waals surface area contributed by atoms with Gasteiger partial charge < -0.3 is 4.74 Å². The van der Waals surface area contributed by atoms with Crippen LogP contribution in [0.2, 0.25) is 0 Å². The Morgan fingerprint density at radius 2 is 2.14 bits per heavy atom. The Morgan fingerprint density at radius 1 is 1.43 bits per heavy atom. The topological polar surface area (TPSA) is 9.23 Å². The van der Waals surface area contributed by atoms with Crippen LogP contribution in [0.1, 0.15) is 5.56 Å². The van der Waals surface area contributed by atoms with E-state index in [1.54, 1.807) is 0 Å². The zero-order chi connectivity index (χ0) is 10.6. The Kier molecular flexibility index (Phi) is 3.78. The molecular weight excluding hydrogens is 206 g/mol. The van der Waals surface area contributed by atoms with Gasteiger partial charge in [-0.05, 0) is 6.07 Å². The van der Waals surface area contributed by atoms with Crippen LogP contribution >= 0.6 is 12.6 Å². The maximum atomic E-state index is 13.1. The second kappa shape index (κ2) is 4.87. The van der Waals surface area contributed by atoms with Gasteiger partial charge in [0.1, 0.15) is 5.82 Å². The number of ether oxygens (including phenoxy) is 1. The van der Waals surface area contributed by atoms with E-state index >= 15 is 0 Å². The largest absolute Gasteiger partial charge is 0.492 e. The molecule has 0 radical (unpaired) electrons. The normalized spacial score (nSPS) is 9.14. The maximum Gasteiger partial charge on any atom is 0.170 e. The molecule has 0 aliphatic rings. The lowest BCUT2D eigenvalue weighted by Gasteiger charge is -2.04. The predicted octanol–water partition coefficient (Wildman–Crippen LogP) is 2.25. The Bertz CT molecular complexity index is 393. The van der Waals surface area contributed by atoms with E-state index in [0.29, 0.717) is 5.75 Å². The number of halogens is 2. The van der Waals surface area contributed by atoms with Gasteiger partial charge in [-0.25, -0.2) is 8.78 Å². The molecule has 0 spiro atoms. The number of thiol groups is 1. The Labute approximate surface area is 86.5 Å². The van der Waals surface area contributed by atoms with Gasteiger partial charge in [0.2, 0.25) is 0 Å². The highest BCUT2D eigenvalue weighted by atomic mass is 32.1. The quantitative estimate of drug-likeness (QED) is 0.557. The zero-order valence-corrected chi connectivity index (χ0v) is 8.37. The molecule has 1 aromatic rings. The molecular formula is C10H8F2OS. The first-order chi connectivity index (χ1) is 6.69. The van der Waals surface area contributed by atoms with E-state index in [1.165, 1.54) is 7.11 Å². The summed E-state index contributed by atoms with van der Waals surface area (Å²) in [7, 11) is 1.31. The summed E-state index contributed by atoms with van der Waals surface area (Å²) in [4.78, 5) is 0. The third-order valence-corrected chi connectivity index (χ3v) is 1.67. The first kappa shape index (κ1) is 10.9. The van der Waals surface area contributed by atoms with E-state index in [0.717, 1.165) is 12.1 Å². The van der Waals surface area contributed by atoms with Crippen molar-refractivity contribution < 1.29 is 13.5 Å². The molecule has 0 aliphatic carbocycles. The highest BCUT2D eigenvalue weighted by Gasteiger charge is 2.09. The zero-order valence-electron chi connectivity index (χ0n) is 7.47. The van der Waals surface area contributed by atoms with Gasteiger partial charge in [0.05, 0.1) is 18.4 Å². The Balaban J connectivity index is 3.25. The van der Waals surface area contributed by atoms with Crippen LogP contribution in [0.4, 0.5) is 8.78 Å². The Hall–Kier alpha value is -1.21. The molecule has 0 aliphatic heterocycles. The molecule has 14 heavy (non-hydrogen) atoms. The van der Waals surface area contributed by atoms with E-state index in [2.05, 4.69) is 24.5 Å². The summed E-state index contributed by atoms with van der Waals surface area (Å²) < 4.78 is 30.6. The summed E-state index contributed by atoms with van der Waals surface area (Å²) in [5.41, 5.74) is 0.194. The lowest BCUT2D eigenvalue weighted by atomic mass is 10.2. The maximum absolute atomic E-state index is 13.1. The molecule has 4 heteroatoms. The Morgan fingerprint density at radius 3 is 2.71 bits per heavy atom. The molecule has 0 N–H and O–H groups in total. The minimum absolute atomic E-state index is 0.0410. The van der Waals surface area contributed by atoms with Crippen molar-refractivity contribution in [3.05, 3.63) is 29.3 Å². The highest BCUT2D eigenvalue weighted by molar-refractivity contribution is 7.80. The summed E-state index contributed by atoms with van der Waals surface area (Å²) >= 11 is 3.86. The summed E-state index contributed by atoms with van der Waals surface area (Å²) in [5, 5.41) is 0. The summed E-state index contributed by atoms with van der Waals surface area (Å²) in [6.45, 7) is 0. The lowest BCUT2D eigenvalue weighted by molar-refractivity contribution is 0.383. The van der Waals surface area contributed by atoms with Crippen LogP contribution < -0.4 is 4.74 Å². The van der Waals surface area contributed by atoms with Gasteiger partial charge in [-0.15, -0.1) is 0 Å². The van der Waals surface area contributed by atoms with E-state index < -0.39 is 11.6 Å². The molecule has 0 atom stereocenters. The molecule has 0 amide bonds. The summed E-state index contributed by atoms with van der Waals surface area (Å²) in [6.07, 6.45) is 0. The molecule has 0 bridgehead atoms. The standard InChI is InChI=1S/C10H8F2OS/c1-13-10-7(3-2-4-14)5-8(11)6-9(10)12/h5-6,14H,4H2,1H3. The monoisotopic (exact) mass is 214 g/mol. The van der Waals surface area contributed by atoms with Crippen LogP contribution in [0, 0.1) is 23.5 Å². The van der Waals surface area contributed by atoms with E-state index in [1.807, 2.05) is 0 Å². The van der Waals surface area contributed by atoms with Gasteiger partial charge in [-0.3, -0.25) is 0 Å². The molecule has 0 aromatic heterocycles. The van der Waals surface area contributed by atoms with Gasteiger partial charge in [0.25, 0.3) is 0 Å². The van der Waals surface area contributed by atoms with Gasteiger partial charge in [0, 0.05) is 6.07 Å². The molecule has 0 saturated carbocycles. The third kappa shape index (κ3) is 2.39. The second-order valence-corrected chi connectivity index (χ2v) is 2.74. The van der Waals surface area contributed by atoms with Crippen LogP contribution in [-0.2, 0) is 0 Å². The molecule has 74 valence electrons. The predicted molar refractivity (Wildman–Crippen MR) is 53.6 cm³/mol. The summed E-state index contributed by atoms with van der Waals surface area (Å²) in [5.74, 6) is 4.01. The van der Waals surface area contributed by atoms with Crippen molar-refractivity contribution in [1.82, 2.24) is 0 Å². The SMILES string of the molecule is COc1c(F)cc(F)cc1C#CCS. The first-order valence-corrected chi connectivity index (χ1v) is 4.45. The number of hydrogen-bond donors (Lipinski definition) is 1. The number of rotatable bonds is 1. The van der Waals surface area contributed by atoms with Crippen molar-refractivity contribution in [3.63, 3.8) is 0 Å². The van der Waals surface area contributed by atoms with Gasteiger partial charge >= 0.3 is 0 Å². The fraction of sp³-hybridized carbons (Fsp3) is 0.200. The van der Waals surface area contributed by atoms with Gasteiger partial charge in [0.15, 0.2) is 11.6 Å². The number of hydrogen-bond acceptors (Lipinski definition) is 2. The molecule has 1 nitrogen and oxygen atoms in total. The average Bonchev–Trinajstić information content (AvgIpc) is 2.14. The minimum Gasteiger partial charge on any atom is -0.492 e. The molecule has 0 fully saturated rings. The van der Waals surface area contributed by atoms with Crippen LogP contribution in [0.3, 0.4) is 0 Å². The first-order valence-electron chi connectivity index (χ1n) is 3.81. The number of methoxy groups -OCH3 is 1. The van der Waals surface area contributed by atoms with E-state index in [-0.39, 0.29) is 11.3 Å². The molecule has 1 aromatic carbocycles. The van der Waals surface area contributed by atoms with Crippen molar-refractivity contribution in [2.75, 3.05) is 12.9 Å². The van der Waals surface area contributed by atoms with Crippen LogP contribution in [0.5, 0.6) is 5.75 Å². The molecule has 1 rings (SSSR count). The van der Waals surface area contributed by atoms with Crippen LogP contribution in [0.15, 0.2) is 12.1 Å². The fourth-order valence-corrected chi connectivity index (χ4v) is 1.07.